The molecule has 0 unspecified atom stereocenters. The zero-order chi connectivity index (χ0) is 16.9. The Bertz CT molecular complexity index is 681. The third-order valence-corrected chi connectivity index (χ3v) is 4.46. The first-order chi connectivity index (χ1) is 11.7. The maximum absolute atomic E-state index is 12.9. The first-order valence-electron chi connectivity index (χ1n) is 8.45. The van der Waals surface area contributed by atoms with Crippen LogP contribution in [0.25, 0.3) is 0 Å². The molecule has 2 heterocycles. The molecule has 126 valence electrons. The summed E-state index contributed by atoms with van der Waals surface area (Å²) in [6.45, 7) is 6.63. The Hall–Kier alpha value is -2.40. The highest BCUT2D eigenvalue weighted by atomic mass is 16.2. The van der Waals surface area contributed by atoms with Crippen LogP contribution in [0, 0.1) is 0 Å². The van der Waals surface area contributed by atoms with Crippen LogP contribution in [0.3, 0.4) is 0 Å². The smallest absolute Gasteiger partial charge is 0.276 e. The van der Waals surface area contributed by atoms with Crippen LogP contribution in [0.15, 0.2) is 48.7 Å². The summed E-state index contributed by atoms with van der Waals surface area (Å²) in [5, 5.41) is 0. The van der Waals surface area contributed by atoms with E-state index in [-0.39, 0.29) is 5.91 Å². The molecule has 0 atom stereocenters. The summed E-state index contributed by atoms with van der Waals surface area (Å²) in [5.41, 5.74) is 2.47. The fraction of sp³-hybridized carbons (Fsp3) is 0.368. The van der Waals surface area contributed by atoms with Gasteiger partial charge in [0.25, 0.3) is 5.91 Å². The van der Waals surface area contributed by atoms with Crippen molar-refractivity contribution in [1.29, 1.82) is 0 Å². The van der Waals surface area contributed by atoms with E-state index in [4.69, 9.17) is 0 Å². The van der Waals surface area contributed by atoms with Gasteiger partial charge in [-0.3, -0.25) is 9.78 Å². The fourth-order valence-corrected chi connectivity index (χ4v) is 2.99. The predicted octanol–water partition coefficient (Wildman–Crippen LogP) is 2.50. The second kappa shape index (κ2) is 7.45. The molecule has 0 radical (unpaired) electrons. The molecule has 1 amide bonds. The van der Waals surface area contributed by atoms with Crippen molar-refractivity contribution in [1.82, 2.24) is 9.88 Å². The van der Waals surface area contributed by atoms with Crippen LogP contribution in [-0.2, 0) is 0 Å². The monoisotopic (exact) mass is 324 g/mol. The maximum Gasteiger partial charge on any atom is 0.276 e. The number of aromatic nitrogens is 1. The summed E-state index contributed by atoms with van der Waals surface area (Å²) in [6, 6.07) is 13.6. The molecule has 24 heavy (non-hydrogen) atoms. The van der Waals surface area contributed by atoms with Gasteiger partial charge in [0.1, 0.15) is 5.69 Å². The number of anilines is 2. The van der Waals surface area contributed by atoms with Gasteiger partial charge in [-0.1, -0.05) is 18.2 Å². The van der Waals surface area contributed by atoms with Gasteiger partial charge in [0.05, 0.1) is 0 Å². The lowest BCUT2D eigenvalue weighted by atomic mass is 10.2. The van der Waals surface area contributed by atoms with Gasteiger partial charge >= 0.3 is 0 Å². The summed E-state index contributed by atoms with van der Waals surface area (Å²) in [5.74, 6) is -0.0559. The molecule has 0 spiro atoms. The Labute approximate surface area is 143 Å². The first-order valence-corrected chi connectivity index (χ1v) is 8.45. The maximum atomic E-state index is 12.9. The second-order valence-corrected chi connectivity index (χ2v) is 6.07. The number of carbonyl (C=O) groups excluding carboxylic acids is 1. The highest BCUT2D eigenvalue weighted by molar-refractivity contribution is 6.05. The summed E-state index contributed by atoms with van der Waals surface area (Å²) in [6.07, 6.45) is 1.74. The highest BCUT2D eigenvalue weighted by Gasteiger charge is 2.20. The zero-order valence-corrected chi connectivity index (χ0v) is 14.4. The quantitative estimate of drug-likeness (QED) is 0.866. The summed E-state index contributed by atoms with van der Waals surface area (Å²) in [4.78, 5) is 23.6. The number of rotatable bonds is 4. The molecule has 1 saturated heterocycles. The van der Waals surface area contributed by atoms with Crippen molar-refractivity contribution in [2.24, 2.45) is 0 Å². The number of likely N-dealkylation sites (N-methyl/N-ethyl adjacent to an activating group) is 1. The number of hydrogen-bond donors (Lipinski definition) is 0. The van der Waals surface area contributed by atoms with E-state index in [1.165, 1.54) is 0 Å². The Balaban J connectivity index is 1.81. The van der Waals surface area contributed by atoms with E-state index >= 15 is 0 Å². The Kier molecular flexibility index (Phi) is 5.11. The summed E-state index contributed by atoms with van der Waals surface area (Å²) >= 11 is 0. The molecule has 1 aliphatic heterocycles. The molecule has 1 aromatic carbocycles. The molecule has 1 aromatic heterocycles. The summed E-state index contributed by atoms with van der Waals surface area (Å²) < 4.78 is 0. The average Bonchev–Trinajstić information content (AvgIpc) is 2.64. The molecular formula is C19H24N4O. The van der Waals surface area contributed by atoms with Gasteiger partial charge in [-0.2, -0.15) is 0 Å². The van der Waals surface area contributed by atoms with Crippen LogP contribution in [0.4, 0.5) is 11.4 Å². The lowest BCUT2D eigenvalue weighted by molar-refractivity contribution is 0.0983. The van der Waals surface area contributed by atoms with E-state index in [0.29, 0.717) is 12.2 Å². The highest BCUT2D eigenvalue weighted by Crippen LogP contribution is 2.20. The minimum absolute atomic E-state index is 0.0559. The van der Waals surface area contributed by atoms with Gasteiger partial charge in [-0.15, -0.1) is 0 Å². The van der Waals surface area contributed by atoms with Crippen molar-refractivity contribution in [3.63, 3.8) is 0 Å². The zero-order valence-electron chi connectivity index (χ0n) is 14.4. The molecule has 5 nitrogen and oxygen atoms in total. The second-order valence-electron chi connectivity index (χ2n) is 6.07. The van der Waals surface area contributed by atoms with Crippen molar-refractivity contribution in [2.75, 3.05) is 49.6 Å². The van der Waals surface area contributed by atoms with E-state index in [0.717, 1.165) is 37.6 Å². The van der Waals surface area contributed by atoms with Crippen molar-refractivity contribution in [3.8, 4) is 0 Å². The fourth-order valence-electron chi connectivity index (χ4n) is 2.99. The number of pyridine rings is 1. The number of nitrogens with zero attached hydrogens (tertiary/aromatic N) is 4. The van der Waals surface area contributed by atoms with Crippen LogP contribution in [-0.4, -0.2) is 55.6 Å². The normalized spacial score (nSPS) is 15.3. The number of benzene rings is 1. The number of carbonyl (C=O) groups is 1. The van der Waals surface area contributed by atoms with Gasteiger partial charge in [-0.05, 0) is 38.2 Å². The molecule has 0 bridgehead atoms. The number of amides is 1. The third-order valence-electron chi connectivity index (χ3n) is 4.46. The average molecular weight is 324 g/mol. The van der Waals surface area contributed by atoms with Gasteiger partial charge in [0, 0.05) is 50.3 Å². The van der Waals surface area contributed by atoms with Crippen molar-refractivity contribution in [2.45, 2.75) is 6.92 Å². The van der Waals surface area contributed by atoms with Crippen LogP contribution in [0.5, 0.6) is 0 Å². The van der Waals surface area contributed by atoms with Crippen LogP contribution < -0.4 is 9.80 Å². The van der Waals surface area contributed by atoms with Crippen molar-refractivity contribution < 1.29 is 4.79 Å². The minimum atomic E-state index is -0.0559. The third kappa shape index (κ3) is 3.57. The van der Waals surface area contributed by atoms with E-state index < -0.39 is 0 Å². The largest absolute Gasteiger partial charge is 0.369 e. The van der Waals surface area contributed by atoms with Gasteiger partial charge < -0.3 is 14.7 Å². The van der Waals surface area contributed by atoms with Gasteiger partial charge in [-0.25, -0.2) is 0 Å². The van der Waals surface area contributed by atoms with Gasteiger partial charge in [0.15, 0.2) is 0 Å². The Morgan fingerprint density at radius 2 is 1.83 bits per heavy atom. The number of hydrogen-bond acceptors (Lipinski definition) is 4. The lowest BCUT2D eigenvalue weighted by Crippen LogP contribution is -2.44. The topological polar surface area (TPSA) is 39.7 Å². The molecule has 1 aliphatic rings. The molecule has 0 aliphatic carbocycles. The molecule has 0 saturated carbocycles. The molecule has 1 fully saturated rings. The molecule has 3 rings (SSSR count). The predicted molar refractivity (Wildman–Crippen MR) is 97.7 cm³/mol. The van der Waals surface area contributed by atoms with E-state index in [2.05, 4.69) is 21.8 Å². The Morgan fingerprint density at radius 3 is 2.50 bits per heavy atom. The van der Waals surface area contributed by atoms with Crippen molar-refractivity contribution >= 4 is 17.3 Å². The van der Waals surface area contributed by atoms with Crippen LogP contribution in [0.1, 0.15) is 17.4 Å². The lowest BCUT2D eigenvalue weighted by Gasteiger charge is -2.34. The van der Waals surface area contributed by atoms with Crippen molar-refractivity contribution in [3.05, 3.63) is 54.4 Å². The van der Waals surface area contributed by atoms with E-state index in [9.17, 15) is 4.79 Å². The van der Waals surface area contributed by atoms with E-state index in [1.54, 1.807) is 11.1 Å². The first kappa shape index (κ1) is 16.5. The standard InChI is InChI=1S/C19H24N4O/c1-3-23(16-7-5-4-6-8-16)19(24)18-15-17(9-10-20-18)22-13-11-21(2)12-14-22/h4-10,15H,3,11-14H2,1-2H3. The number of piperazine rings is 1. The number of para-hydroxylation sites is 1. The van der Waals surface area contributed by atoms with Crippen LogP contribution >= 0.6 is 0 Å². The Morgan fingerprint density at radius 1 is 1.12 bits per heavy atom. The molecule has 0 N–H and O–H groups in total. The SMILES string of the molecule is CCN(C(=O)c1cc(N2CCN(C)CC2)ccn1)c1ccccc1. The molecule has 2 aromatic rings. The minimum Gasteiger partial charge on any atom is -0.369 e. The molecule has 5 heteroatoms. The van der Waals surface area contributed by atoms with E-state index in [1.807, 2.05) is 49.4 Å². The summed E-state index contributed by atoms with van der Waals surface area (Å²) in [7, 11) is 2.14. The van der Waals surface area contributed by atoms with Crippen LogP contribution in [0.2, 0.25) is 0 Å². The molecular weight excluding hydrogens is 300 g/mol. The van der Waals surface area contributed by atoms with Gasteiger partial charge in [0.2, 0.25) is 0 Å².